The maximum Gasteiger partial charge on any atom is 0.183 e. The zero-order chi connectivity index (χ0) is 11.4. The van der Waals surface area contributed by atoms with Gasteiger partial charge in [-0.15, -0.1) is 0 Å². The quantitative estimate of drug-likeness (QED) is 0.794. The molecular weight excluding hydrogens is 200 g/mol. The van der Waals surface area contributed by atoms with Crippen molar-refractivity contribution in [2.75, 3.05) is 19.6 Å². The lowest BCUT2D eigenvalue weighted by molar-refractivity contribution is 0.185. The lowest BCUT2D eigenvalue weighted by Crippen LogP contribution is -2.29. The molecule has 16 heavy (non-hydrogen) atoms. The minimum Gasteiger partial charge on any atom is -0.476 e. The normalized spacial score (nSPS) is 26.9. The van der Waals surface area contributed by atoms with Crippen LogP contribution in [0.1, 0.15) is 39.5 Å². The summed E-state index contributed by atoms with van der Waals surface area (Å²) < 4.78 is 5.90. The first-order chi connectivity index (χ1) is 7.74. The van der Waals surface area contributed by atoms with Crippen LogP contribution in [0.4, 0.5) is 0 Å². The second-order valence-corrected chi connectivity index (χ2v) is 5.50. The number of hydrogen-bond acceptors (Lipinski definition) is 3. The smallest absolute Gasteiger partial charge is 0.183 e. The van der Waals surface area contributed by atoms with E-state index in [9.17, 15) is 0 Å². The largest absolute Gasteiger partial charge is 0.476 e. The average molecular weight is 224 g/mol. The maximum absolute atomic E-state index is 5.90. The number of aliphatic imine (C=N–C) groups is 1. The van der Waals surface area contributed by atoms with Crippen LogP contribution in [0.25, 0.3) is 0 Å². The minimum absolute atomic E-state index is 0.358. The first kappa shape index (κ1) is 11.9. The van der Waals surface area contributed by atoms with E-state index in [0.29, 0.717) is 12.0 Å². The summed E-state index contributed by atoms with van der Waals surface area (Å²) in [5, 5.41) is 3.39. The molecule has 3 heteroatoms. The molecule has 0 bridgehead atoms. The van der Waals surface area contributed by atoms with Crippen molar-refractivity contribution >= 4 is 5.90 Å². The molecule has 0 spiro atoms. The summed E-state index contributed by atoms with van der Waals surface area (Å²) in [7, 11) is 0. The van der Waals surface area contributed by atoms with Gasteiger partial charge in [-0.2, -0.15) is 0 Å². The van der Waals surface area contributed by atoms with E-state index in [2.05, 4.69) is 24.2 Å². The Kier molecular flexibility index (Phi) is 4.22. The summed E-state index contributed by atoms with van der Waals surface area (Å²) >= 11 is 0. The molecule has 2 aliphatic heterocycles. The van der Waals surface area contributed by atoms with E-state index in [1.807, 2.05) is 0 Å². The van der Waals surface area contributed by atoms with E-state index in [1.165, 1.54) is 12.8 Å². The van der Waals surface area contributed by atoms with E-state index < -0.39 is 0 Å². The number of nitrogens with zero attached hydrogens (tertiary/aromatic N) is 1. The zero-order valence-corrected chi connectivity index (χ0v) is 10.5. The lowest BCUT2D eigenvalue weighted by atomic mass is 9.95. The number of ether oxygens (including phenoxy) is 1. The van der Waals surface area contributed by atoms with E-state index >= 15 is 0 Å². The van der Waals surface area contributed by atoms with Crippen molar-refractivity contribution in [3.63, 3.8) is 0 Å². The summed E-state index contributed by atoms with van der Waals surface area (Å²) in [5.74, 6) is 2.52. The molecule has 0 radical (unpaired) electrons. The monoisotopic (exact) mass is 224 g/mol. The van der Waals surface area contributed by atoms with Crippen LogP contribution in [0.15, 0.2) is 4.99 Å². The number of hydrogen-bond donors (Lipinski definition) is 1. The van der Waals surface area contributed by atoms with Crippen LogP contribution in [-0.4, -0.2) is 31.6 Å². The Morgan fingerprint density at radius 1 is 1.38 bits per heavy atom. The van der Waals surface area contributed by atoms with E-state index in [1.54, 1.807) is 0 Å². The maximum atomic E-state index is 5.90. The van der Waals surface area contributed by atoms with Crippen LogP contribution in [0, 0.1) is 11.8 Å². The summed E-state index contributed by atoms with van der Waals surface area (Å²) in [6, 6.07) is 0. The van der Waals surface area contributed by atoms with Crippen molar-refractivity contribution in [1.29, 1.82) is 0 Å². The molecule has 92 valence electrons. The molecule has 1 unspecified atom stereocenters. The van der Waals surface area contributed by atoms with Crippen molar-refractivity contribution in [3.05, 3.63) is 0 Å². The predicted molar refractivity (Wildman–Crippen MR) is 66.8 cm³/mol. The fourth-order valence-electron chi connectivity index (χ4n) is 2.56. The summed E-state index contributed by atoms with van der Waals surface area (Å²) in [6.45, 7) is 7.70. The van der Waals surface area contributed by atoms with Crippen molar-refractivity contribution in [3.8, 4) is 0 Å². The molecule has 0 amide bonds. The van der Waals surface area contributed by atoms with Gasteiger partial charge in [0.2, 0.25) is 0 Å². The van der Waals surface area contributed by atoms with Crippen LogP contribution in [0.3, 0.4) is 0 Å². The van der Waals surface area contributed by atoms with E-state index in [0.717, 1.165) is 44.3 Å². The van der Waals surface area contributed by atoms with Gasteiger partial charge in [-0.1, -0.05) is 13.8 Å². The van der Waals surface area contributed by atoms with Gasteiger partial charge in [0.05, 0.1) is 6.54 Å². The molecule has 2 rings (SSSR count). The highest BCUT2D eigenvalue weighted by atomic mass is 16.5. The fraction of sp³-hybridized carbons (Fsp3) is 0.923. The Bertz CT molecular complexity index is 244. The molecule has 1 saturated heterocycles. The molecule has 0 aromatic carbocycles. The Morgan fingerprint density at radius 2 is 2.12 bits per heavy atom. The van der Waals surface area contributed by atoms with Gasteiger partial charge >= 0.3 is 0 Å². The average Bonchev–Trinajstić information content (AvgIpc) is 2.66. The van der Waals surface area contributed by atoms with Crippen LogP contribution >= 0.6 is 0 Å². The molecule has 3 nitrogen and oxygen atoms in total. The molecule has 1 N–H and O–H groups in total. The topological polar surface area (TPSA) is 33.6 Å². The first-order valence-electron chi connectivity index (χ1n) is 6.64. The molecular formula is C13H24N2O. The highest BCUT2D eigenvalue weighted by Crippen LogP contribution is 2.21. The molecule has 0 saturated carbocycles. The molecule has 0 aromatic heterocycles. The van der Waals surface area contributed by atoms with Crippen LogP contribution in [-0.2, 0) is 4.74 Å². The number of rotatable bonds is 4. The summed E-state index contributed by atoms with van der Waals surface area (Å²) in [4.78, 5) is 4.54. The Labute approximate surface area is 98.7 Å². The molecule has 2 heterocycles. The van der Waals surface area contributed by atoms with Gasteiger partial charge < -0.3 is 10.1 Å². The van der Waals surface area contributed by atoms with Crippen molar-refractivity contribution in [1.82, 2.24) is 5.32 Å². The molecule has 0 aliphatic carbocycles. The van der Waals surface area contributed by atoms with Crippen LogP contribution < -0.4 is 5.32 Å². The zero-order valence-electron chi connectivity index (χ0n) is 10.5. The van der Waals surface area contributed by atoms with Crippen molar-refractivity contribution in [2.45, 2.75) is 45.6 Å². The SMILES string of the molecule is CC(C)CC1CN=C(CC2CCNCC2)O1. The fourth-order valence-corrected chi connectivity index (χ4v) is 2.56. The highest BCUT2D eigenvalue weighted by molar-refractivity contribution is 5.77. The van der Waals surface area contributed by atoms with E-state index in [4.69, 9.17) is 4.74 Å². The van der Waals surface area contributed by atoms with Gasteiger partial charge in [-0.05, 0) is 44.2 Å². The second-order valence-electron chi connectivity index (χ2n) is 5.50. The van der Waals surface area contributed by atoms with Gasteiger partial charge in [0.1, 0.15) is 6.10 Å². The van der Waals surface area contributed by atoms with Gasteiger partial charge in [0.25, 0.3) is 0 Å². The Morgan fingerprint density at radius 3 is 2.81 bits per heavy atom. The van der Waals surface area contributed by atoms with Gasteiger partial charge in [-0.25, -0.2) is 0 Å². The van der Waals surface area contributed by atoms with Gasteiger partial charge in [-0.3, -0.25) is 4.99 Å². The molecule has 1 fully saturated rings. The number of piperidine rings is 1. The minimum atomic E-state index is 0.358. The Balaban J connectivity index is 1.71. The third-order valence-corrected chi connectivity index (χ3v) is 3.43. The van der Waals surface area contributed by atoms with Crippen LogP contribution in [0.5, 0.6) is 0 Å². The van der Waals surface area contributed by atoms with Crippen molar-refractivity contribution < 1.29 is 4.74 Å². The predicted octanol–water partition coefficient (Wildman–Crippen LogP) is 2.22. The second kappa shape index (κ2) is 5.67. The molecule has 1 atom stereocenters. The Hall–Kier alpha value is -0.570. The summed E-state index contributed by atoms with van der Waals surface area (Å²) in [6.07, 6.45) is 5.11. The van der Waals surface area contributed by atoms with Gasteiger partial charge in [0, 0.05) is 6.42 Å². The van der Waals surface area contributed by atoms with Gasteiger partial charge in [0.15, 0.2) is 5.90 Å². The van der Waals surface area contributed by atoms with Crippen LogP contribution in [0.2, 0.25) is 0 Å². The van der Waals surface area contributed by atoms with Crippen molar-refractivity contribution in [2.24, 2.45) is 16.8 Å². The van der Waals surface area contributed by atoms with E-state index in [-0.39, 0.29) is 0 Å². The molecule has 2 aliphatic rings. The first-order valence-corrected chi connectivity index (χ1v) is 6.64. The lowest BCUT2D eigenvalue weighted by Gasteiger charge is -2.22. The summed E-state index contributed by atoms with van der Waals surface area (Å²) in [5.41, 5.74) is 0. The third kappa shape index (κ3) is 3.48. The standard InChI is InChI=1S/C13H24N2O/c1-10(2)7-12-9-15-13(16-12)8-11-3-5-14-6-4-11/h10-12,14H,3-9H2,1-2H3. The third-order valence-electron chi connectivity index (χ3n) is 3.43. The number of nitrogens with one attached hydrogen (secondary N) is 1. The highest BCUT2D eigenvalue weighted by Gasteiger charge is 2.23. The molecule has 0 aromatic rings.